The highest BCUT2D eigenvalue weighted by Crippen LogP contribution is 2.46. The van der Waals surface area contributed by atoms with Crippen LogP contribution in [0.1, 0.15) is 18.4 Å². The lowest BCUT2D eigenvalue weighted by molar-refractivity contribution is -0.139. The van der Waals surface area contributed by atoms with E-state index in [4.69, 9.17) is 16.3 Å². The molecular weight excluding hydrogens is 483 g/mol. The zero-order valence-electron chi connectivity index (χ0n) is 17.7. The zero-order chi connectivity index (χ0) is 24.4. The minimum atomic E-state index is -5.17. The van der Waals surface area contributed by atoms with Gasteiger partial charge < -0.3 is 20.1 Å². The van der Waals surface area contributed by atoms with Gasteiger partial charge in [-0.3, -0.25) is 0 Å². The number of aromatic nitrogens is 2. The van der Waals surface area contributed by atoms with Gasteiger partial charge in [-0.15, -0.1) is 0 Å². The fourth-order valence-electron chi connectivity index (χ4n) is 4.79. The molecular formula is C22H18ClF5N4O2. The van der Waals surface area contributed by atoms with Crippen molar-refractivity contribution in [2.75, 3.05) is 25.1 Å². The normalized spacial score (nSPS) is 20.3. The van der Waals surface area contributed by atoms with Crippen molar-refractivity contribution in [1.29, 1.82) is 0 Å². The first-order chi connectivity index (χ1) is 16.1. The Morgan fingerprint density at radius 1 is 1.12 bits per heavy atom. The summed E-state index contributed by atoms with van der Waals surface area (Å²) < 4.78 is 76.2. The highest BCUT2D eigenvalue weighted by atomic mass is 35.5. The molecule has 2 aliphatic rings. The number of hydrogen-bond donors (Lipinski definition) is 2. The topological polar surface area (TPSA) is 70.5 Å². The van der Waals surface area contributed by atoms with Crippen LogP contribution in [0.2, 0.25) is 5.02 Å². The van der Waals surface area contributed by atoms with Crippen molar-refractivity contribution in [3.8, 4) is 22.9 Å². The van der Waals surface area contributed by atoms with E-state index in [9.17, 15) is 22.7 Å². The van der Waals surface area contributed by atoms with Crippen molar-refractivity contribution in [3.63, 3.8) is 0 Å². The first-order valence-corrected chi connectivity index (χ1v) is 10.8. The number of rotatable bonds is 3. The number of halogens is 6. The molecule has 3 aromatic rings. The van der Waals surface area contributed by atoms with Crippen molar-refractivity contribution < 1.29 is 31.8 Å². The van der Waals surface area contributed by atoms with E-state index in [1.165, 1.54) is 13.2 Å². The molecule has 2 N–H and O–H groups in total. The molecule has 2 saturated heterocycles. The van der Waals surface area contributed by atoms with E-state index in [2.05, 4.69) is 15.3 Å². The summed E-state index contributed by atoms with van der Waals surface area (Å²) in [5, 5.41) is 13.0. The fourth-order valence-corrected chi connectivity index (χ4v) is 5.08. The Balaban J connectivity index is 1.76. The third-order valence-electron chi connectivity index (χ3n) is 6.17. The Morgan fingerprint density at radius 2 is 1.79 bits per heavy atom. The van der Waals surface area contributed by atoms with Crippen molar-refractivity contribution in [1.82, 2.24) is 15.3 Å². The van der Waals surface area contributed by atoms with Crippen LogP contribution in [0, 0.1) is 11.6 Å². The maximum atomic E-state index is 15.8. The zero-order valence-corrected chi connectivity index (χ0v) is 18.4. The molecule has 0 amide bonds. The fraction of sp³-hybridized carbons (Fsp3) is 0.364. The van der Waals surface area contributed by atoms with Gasteiger partial charge in [0.1, 0.15) is 22.9 Å². The van der Waals surface area contributed by atoms with Gasteiger partial charge in [0.2, 0.25) is 0 Å². The van der Waals surface area contributed by atoms with Crippen LogP contribution in [-0.2, 0) is 6.18 Å². The molecule has 180 valence electrons. The third-order valence-corrected chi connectivity index (χ3v) is 6.47. The summed E-state index contributed by atoms with van der Waals surface area (Å²) in [6, 6.07) is 2.45. The number of ether oxygens (including phenoxy) is 1. The first kappa shape index (κ1) is 22.9. The van der Waals surface area contributed by atoms with E-state index in [1.54, 1.807) is 0 Å². The monoisotopic (exact) mass is 500 g/mol. The molecule has 0 aliphatic carbocycles. The molecule has 6 nitrogen and oxygen atoms in total. The van der Waals surface area contributed by atoms with E-state index in [0.29, 0.717) is 31.0 Å². The molecule has 0 radical (unpaired) electrons. The number of alkyl halides is 3. The summed E-state index contributed by atoms with van der Waals surface area (Å²) in [5.74, 6) is -3.44. The first-order valence-electron chi connectivity index (χ1n) is 10.4. The lowest BCUT2D eigenvalue weighted by atomic mass is 9.96. The molecule has 2 aromatic carbocycles. The number of fused-ring (bicyclic) bond motifs is 3. The van der Waals surface area contributed by atoms with Crippen molar-refractivity contribution >= 4 is 28.3 Å². The Bertz CT molecular complexity index is 1290. The Morgan fingerprint density at radius 3 is 2.41 bits per heavy atom. The van der Waals surface area contributed by atoms with E-state index in [0.717, 1.165) is 12.8 Å². The van der Waals surface area contributed by atoms with Crippen LogP contribution in [0.5, 0.6) is 11.8 Å². The van der Waals surface area contributed by atoms with Gasteiger partial charge in [-0.1, -0.05) is 11.6 Å². The summed E-state index contributed by atoms with van der Waals surface area (Å²) in [6.45, 7) is 1.17. The van der Waals surface area contributed by atoms with Crippen LogP contribution < -0.4 is 15.0 Å². The van der Waals surface area contributed by atoms with Gasteiger partial charge in [-0.2, -0.15) is 23.1 Å². The summed E-state index contributed by atoms with van der Waals surface area (Å²) in [7, 11) is 1.29. The molecule has 34 heavy (non-hydrogen) atoms. The number of anilines is 1. The van der Waals surface area contributed by atoms with E-state index in [1.807, 2.05) is 4.90 Å². The van der Waals surface area contributed by atoms with Crippen molar-refractivity contribution in [2.24, 2.45) is 0 Å². The number of nitrogens with one attached hydrogen (secondary N) is 1. The maximum Gasteiger partial charge on any atom is 0.419 e. The van der Waals surface area contributed by atoms with Crippen LogP contribution in [0.15, 0.2) is 18.2 Å². The molecule has 0 saturated carbocycles. The highest BCUT2D eigenvalue weighted by molar-refractivity contribution is 6.34. The van der Waals surface area contributed by atoms with Crippen LogP contribution in [-0.4, -0.2) is 47.4 Å². The van der Waals surface area contributed by atoms with Gasteiger partial charge in [0.15, 0.2) is 5.82 Å². The SMILES string of the molecule is COc1nc(N2CC3CCC(C2)N3)c2cc(Cl)c(-c3cc(O)cc(F)c3C(F)(F)F)c(F)c2n1. The van der Waals surface area contributed by atoms with Crippen LogP contribution in [0.25, 0.3) is 22.0 Å². The standard InChI is InChI=1S/C22H18ClF5N4O2/c1-34-21-30-19-13(20(31-21)32-7-9-2-3-10(8-32)29-9)6-14(23)16(18(19)25)12-4-11(33)5-15(24)17(12)22(26,27)28/h4-6,9-10,29,33H,2-3,7-8H2,1H3. The Hall–Kier alpha value is -2.92. The minimum Gasteiger partial charge on any atom is -0.508 e. The average Bonchev–Trinajstić information content (AvgIpc) is 3.09. The molecule has 2 fully saturated rings. The molecule has 2 atom stereocenters. The van der Waals surface area contributed by atoms with E-state index in [-0.39, 0.29) is 29.0 Å². The number of methoxy groups -OCH3 is 1. The second-order valence-corrected chi connectivity index (χ2v) is 8.78. The molecule has 12 heteroatoms. The number of hydrogen-bond acceptors (Lipinski definition) is 6. The van der Waals surface area contributed by atoms with Gasteiger partial charge in [0.05, 0.1) is 17.7 Å². The summed E-state index contributed by atoms with van der Waals surface area (Å²) in [4.78, 5) is 10.3. The summed E-state index contributed by atoms with van der Waals surface area (Å²) in [5.41, 5.74) is -3.74. The van der Waals surface area contributed by atoms with Crippen LogP contribution in [0.4, 0.5) is 27.8 Å². The Labute approximate surface area is 195 Å². The smallest absolute Gasteiger partial charge is 0.419 e. The van der Waals surface area contributed by atoms with Gasteiger partial charge >= 0.3 is 12.2 Å². The maximum absolute atomic E-state index is 15.8. The third kappa shape index (κ3) is 3.76. The molecule has 5 rings (SSSR count). The lowest BCUT2D eigenvalue weighted by Gasteiger charge is -2.34. The summed E-state index contributed by atoms with van der Waals surface area (Å²) >= 11 is 6.29. The second-order valence-electron chi connectivity index (χ2n) is 8.37. The van der Waals surface area contributed by atoms with E-state index >= 15 is 4.39 Å². The summed E-state index contributed by atoms with van der Waals surface area (Å²) in [6.07, 6.45) is -3.22. The lowest BCUT2D eigenvalue weighted by Crippen LogP contribution is -2.51. The number of piperazine rings is 1. The molecule has 1 aromatic heterocycles. The van der Waals surface area contributed by atoms with Crippen LogP contribution in [0.3, 0.4) is 0 Å². The largest absolute Gasteiger partial charge is 0.508 e. The second kappa shape index (κ2) is 8.09. The predicted octanol–water partition coefficient (Wildman–Crippen LogP) is 4.90. The number of phenolic OH excluding ortho intramolecular Hbond substituents is 1. The molecule has 2 unspecified atom stereocenters. The predicted molar refractivity (Wildman–Crippen MR) is 115 cm³/mol. The quantitative estimate of drug-likeness (QED) is 0.498. The Kier molecular flexibility index (Phi) is 5.44. The highest BCUT2D eigenvalue weighted by Gasteiger charge is 2.39. The number of aromatic hydroxyl groups is 1. The van der Waals surface area contributed by atoms with Gasteiger partial charge in [0, 0.05) is 47.8 Å². The molecule has 2 aliphatic heterocycles. The number of nitrogens with zero attached hydrogens (tertiary/aromatic N) is 3. The number of phenols is 1. The number of benzene rings is 2. The van der Waals surface area contributed by atoms with E-state index < -0.39 is 45.3 Å². The van der Waals surface area contributed by atoms with Crippen LogP contribution >= 0.6 is 11.6 Å². The van der Waals surface area contributed by atoms with Gasteiger partial charge in [-0.05, 0) is 25.0 Å². The molecule has 0 spiro atoms. The van der Waals surface area contributed by atoms with Crippen molar-refractivity contribution in [2.45, 2.75) is 31.1 Å². The average molecular weight is 501 g/mol. The molecule has 2 bridgehead atoms. The van der Waals surface area contributed by atoms with Gasteiger partial charge in [0.25, 0.3) is 0 Å². The minimum absolute atomic E-state index is 0.182. The molecule has 3 heterocycles. The van der Waals surface area contributed by atoms with Gasteiger partial charge in [-0.25, -0.2) is 8.78 Å². The van der Waals surface area contributed by atoms with Crippen molar-refractivity contribution in [3.05, 3.63) is 40.4 Å².